The molecule has 0 aliphatic carbocycles. The molecule has 18 heavy (non-hydrogen) atoms. The number of carbonyl (C=O) groups is 2. The summed E-state index contributed by atoms with van der Waals surface area (Å²) in [7, 11) is 0. The van der Waals surface area contributed by atoms with Gasteiger partial charge in [0.2, 0.25) is 0 Å². The molecule has 0 heterocycles. The third-order valence-electron chi connectivity index (χ3n) is 2.66. The van der Waals surface area contributed by atoms with Gasteiger partial charge >= 0.3 is 5.97 Å². The second kappa shape index (κ2) is 5.00. The number of fused-ring (bicyclic) bond motifs is 1. The molecular formula is C15H14O3. The number of rotatable bonds is 3. The van der Waals surface area contributed by atoms with Crippen LogP contribution in [0, 0.1) is 5.92 Å². The quantitative estimate of drug-likeness (QED) is 0.471. The van der Waals surface area contributed by atoms with Crippen LogP contribution < -0.4 is 4.74 Å². The Kier molecular flexibility index (Phi) is 3.42. The Balaban J connectivity index is 2.33. The minimum Gasteiger partial charge on any atom is -0.426 e. The summed E-state index contributed by atoms with van der Waals surface area (Å²) in [6, 6.07) is 10.7. The van der Waals surface area contributed by atoms with E-state index in [4.69, 9.17) is 4.74 Å². The second-order valence-electron chi connectivity index (χ2n) is 4.46. The van der Waals surface area contributed by atoms with Crippen molar-refractivity contribution in [2.45, 2.75) is 13.8 Å². The molecule has 0 spiro atoms. The van der Waals surface area contributed by atoms with Crippen LogP contribution in [0.3, 0.4) is 0 Å². The van der Waals surface area contributed by atoms with Gasteiger partial charge in [0.1, 0.15) is 12.0 Å². The molecule has 0 saturated heterocycles. The number of aldehydes is 1. The van der Waals surface area contributed by atoms with Crippen LogP contribution in [0.2, 0.25) is 0 Å². The summed E-state index contributed by atoms with van der Waals surface area (Å²) < 4.78 is 5.23. The molecule has 0 aromatic heterocycles. The predicted molar refractivity (Wildman–Crippen MR) is 69.8 cm³/mol. The zero-order valence-corrected chi connectivity index (χ0v) is 10.3. The smallest absolute Gasteiger partial charge is 0.313 e. The van der Waals surface area contributed by atoms with E-state index >= 15 is 0 Å². The highest BCUT2D eigenvalue weighted by Crippen LogP contribution is 2.22. The van der Waals surface area contributed by atoms with Crippen molar-refractivity contribution in [3.8, 4) is 5.75 Å². The van der Waals surface area contributed by atoms with Crippen LogP contribution in [0.5, 0.6) is 5.75 Å². The molecule has 2 aromatic carbocycles. The van der Waals surface area contributed by atoms with Crippen molar-refractivity contribution in [2.24, 2.45) is 5.92 Å². The average Bonchev–Trinajstić information content (AvgIpc) is 2.37. The molecule has 0 unspecified atom stereocenters. The van der Waals surface area contributed by atoms with Gasteiger partial charge in [-0.25, -0.2) is 0 Å². The van der Waals surface area contributed by atoms with E-state index in [2.05, 4.69) is 0 Å². The van der Waals surface area contributed by atoms with Crippen LogP contribution in [-0.2, 0) is 4.79 Å². The van der Waals surface area contributed by atoms with Gasteiger partial charge in [-0.3, -0.25) is 9.59 Å². The van der Waals surface area contributed by atoms with Gasteiger partial charge < -0.3 is 4.74 Å². The van der Waals surface area contributed by atoms with E-state index in [-0.39, 0.29) is 11.9 Å². The van der Waals surface area contributed by atoms with Crippen molar-refractivity contribution in [1.82, 2.24) is 0 Å². The predicted octanol–water partition coefficient (Wildman–Crippen LogP) is 3.21. The van der Waals surface area contributed by atoms with Crippen molar-refractivity contribution in [3.63, 3.8) is 0 Å². The fourth-order valence-corrected chi connectivity index (χ4v) is 1.61. The zero-order valence-electron chi connectivity index (χ0n) is 10.3. The fraction of sp³-hybridized carbons (Fsp3) is 0.200. The third-order valence-corrected chi connectivity index (χ3v) is 2.66. The summed E-state index contributed by atoms with van der Waals surface area (Å²) in [5.74, 6) is 0.122. The first-order valence-electron chi connectivity index (χ1n) is 5.81. The normalized spacial score (nSPS) is 10.6. The number of hydrogen-bond donors (Lipinski definition) is 0. The maximum absolute atomic E-state index is 11.5. The maximum Gasteiger partial charge on any atom is 0.313 e. The molecule has 0 radical (unpaired) electrons. The van der Waals surface area contributed by atoms with Gasteiger partial charge in [-0.15, -0.1) is 0 Å². The Bertz CT molecular complexity index is 600. The number of carbonyl (C=O) groups excluding carboxylic acids is 2. The van der Waals surface area contributed by atoms with Gasteiger partial charge in [-0.2, -0.15) is 0 Å². The molecule has 3 nitrogen and oxygen atoms in total. The lowest BCUT2D eigenvalue weighted by molar-refractivity contribution is -0.137. The molecule has 0 bridgehead atoms. The van der Waals surface area contributed by atoms with E-state index in [1.165, 1.54) is 0 Å². The van der Waals surface area contributed by atoms with Crippen LogP contribution >= 0.6 is 0 Å². The molecule has 0 N–H and O–H groups in total. The summed E-state index contributed by atoms with van der Waals surface area (Å²) in [5, 5.41) is 1.89. The van der Waals surface area contributed by atoms with Crippen LogP contribution in [-0.4, -0.2) is 12.3 Å². The lowest BCUT2D eigenvalue weighted by Crippen LogP contribution is -2.14. The molecule has 0 fully saturated rings. The summed E-state index contributed by atoms with van der Waals surface area (Å²) in [5.41, 5.74) is 0.634. The van der Waals surface area contributed by atoms with Crippen LogP contribution in [0.25, 0.3) is 10.8 Å². The van der Waals surface area contributed by atoms with E-state index in [0.29, 0.717) is 11.3 Å². The zero-order chi connectivity index (χ0) is 13.1. The Hall–Kier alpha value is -2.16. The van der Waals surface area contributed by atoms with Gasteiger partial charge in [0, 0.05) is 5.56 Å². The van der Waals surface area contributed by atoms with Crippen molar-refractivity contribution >= 4 is 23.0 Å². The van der Waals surface area contributed by atoms with E-state index < -0.39 is 0 Å². The van der Waals surface area contributed by atoms with Gasteiger partial charge in [-0.1, -0.05) is 32.0 Å². The number of esters is 1. The highest BCUT2D eigenvalue weighted by atomic mass is 16.5. The maximum atomic E-state index is 11.5. The van der Waals surface area contributed by atoms with E-state index in [1.807, 2.05) is 12.1 Å². The second-order valence-corrected chi connectivity index (χ2v) is 4.46. The van der Waals surface area contributed by atoms with Gasteiger partial charge in [0.15, 0.2) is 0 Å². The molecule has 0 amide bonds. The monoisotopic (exact) mass is 242 g/mol. The SMILES string of the molecule is CC(C)C(=O)Oc1ccc2cc(C=O)ccc2c1. The Morgan fingerprint density at radius 3 is 2.44 bits per heavy atom. The van der Waals surface area contributed by atoms with E-state index in [1.54, 1.807) is 38.1 Å². The average molecular weight is 242 g/mol. The van der Waals surface area contributed by atoms with Gasteiger partial charge in [0.25, 0.3) is 0 Å². The highest BCUT2D eigenvalue weighted by Gasteiger charge is 2.09. The topological polar surface area (TPSA) is 43.4 Å². The van der Waals surface area contributed by atoms with Crippen LogP contribution in [0.15, 0.2) is 36.4 Å². The summed E-state index contributed by atoms with van der Waals surface area (Å²) >= 11 is 0. The molecule has 0 aliphatic rings. The Morgan fingerprint density at radius 2 is 1.78 bits per heavy atom. The minimum atomic E-state index is -0.251. The van der Waals surface area contributed by atoms with Crippen LogP contribution in [0.4, 0.5) is 0 Å². The largest absolute Gasteiger partial charge is 0.426 e. The number of hydrogen-bond acceptors (Lipinski definition) is 3. The highest BCUT2D eigenvalue weighted by molar-refractivity contribution is 5.90. The molecule has 0 aliphatic heterocycles. The molecule has 3 heteroatoms. The van der Waals surface area contributed by atoms with E-state index in [0.717, 1.165) is 17.1 Å². The van der Waals surface area contributed by atoms with Crippen molar-refractivity contribution < 1.29 is 14.3 Å². The molecule has 0 atom stereocenters. The van der Waals surface area contributed by atoms with Crippen molar-refractivity contribution in [3.05, 3.63) is 42.0 Å². The first-order chi connectivity index (χ1) is 8.60. The minimum absolute atomic E-state index is 0.155. The fourth-order valence-electron chi connectivity index (χ4n) is 1.61. The number of benzene rings is 2. The molecular weight excluding hydrogens is 228 g/mol. The van der Waals surface area contributed by atoms with Gasteiger partial charge in [0.05, 0.1) is 5.92 Å². The number of ether oxygens (including phenoxy) is 1. The lowest BCUT2D eigenvalue weighted by Gasteiger charge is -2.07. The first kappa shape index (κ1) is 12.3. The van der Waals surface area contributed by atoms with Crippen LogP contribution in [0.1, 0.15) is 24.2 Å². The third kappa shape index (κ3) is 2.56. The van der Waals surface area contributed by atoms with Crippen molar-refractivity contribution in [2.75, 3.05) is 0 Å². The summed E-state index contributed by atoms with van der Waals surface area (Å²) in [6.07, 6.45) is 0.812. The summed E-state index contributed by atoms with van der Waals surface area (Å²) in [6.45, 7) is 3.58. The molecule has 92 valence electrons. The standard InChI is InChI=1S/C15H14O3/c1-10(2)15(17)18-14-6-5-12-7-11(9-16)3-4-13(12)8-14/h3-10H,1-2H3. The summed E-state index contributed by atoms with van der Waals surface area (Å²) in [4.78, 5) is 22.1. The molecule has 2 aromatic rings. The molecule has 0 saturated carbocycles. The van der Waals surface area contributed by atoms with Crippen molar-refractivity contribution in [1.29, 1.82) is 0 Å². The lowest BCUT2D eigenvalue weighted by atomic mass is 10.1. The Labute approximate surface area is 105 Å². The van der Waals surface area contributed by atoms with Gasteiger partial charge in [-0.05, 0) is 29.0 Å². The Morgan fingerprint density at radius 1 is 1.11 bits per heavy atom. The first-order valence-corrected chi connectivity index (χ1v) is 5.81. The van der Waals surface area contributed by atoms with E-state index in [9.17, 15) is 9.59 Å². The molecule has 2 rings (SSSR count).